The van der Waals surface area contributed by atoms with Gasteiger partial charge in [0.1, 0.15) is 5.69 Å². The Labute approximate surface area is 141 Å². The zero-order valence-corrected chi connectivity index (χ0v) is 13.4. The van der Waals surface area contributed by atoms with Gasteiger partial charge in [-0.3, -0.25) is 9.69 Å². The number of morpholine rings is 1. The molecule has 0 radical (unpaired) electrons. The van der Waals surface area contributed by atoms with Crippen LogP contribution in [0.3, 0.4) is 0 Å². The Morgan fingerprint density at radius 2 is 1.96 bits per heavy atom. The van der Waals surface area contributed by atoms with Crippen LogP contribution in [0.1, 0.15) is 10.5 Å². The fraction of sp³-hybridized carbons (Fsp3) is 0.353. The first kappa shape index (κ1) is 16.4. The number of amides is 1. The summed E-state index contributed by atoms with van der Waals surface area (Å²) in [6, 6.07) is 10.9. The molecule has 0 atom stereocenters. The molecule has 7 heteroatoms. The Morgan fingerprint density at radius 3 is 2.75 bits per heavy atom. The van der Waals surface area contributed by atoms with Gasteiger partial charge >= 0.3 is 0 Å². The van der Waals surface area contributed by atoms with Crippen LogP contribution in [0, 0.1) is 0 Å². The molecule has 0 aliphatic carbocycles. The molecule has 0 spiro atoms. The summed E-state index contributed by atoms with van der Waals surface area (Å²) < 4.78 is 5.32. The molecule has 3 rings (SSSR count). The van der Waals surface area contributed by atoms with Gasteiger partial charge in [-0.05, 0) is 18.2 Å². The van der Waals surface area contributed by atoms with Gasteiger partial charge in [-0.1, -0.05) is 18.2 Å². The average Bonchev–Trinajstić information content (AvgIpc) is 2.64. The molecule has 1 aromatic heterocycles. The topological polar surface area (TPSA) is 79.4 Å². The van der Waals surface area contributed by atoms with E-state index < -0.39 is 0 Å². The van der Waals surface area contributed by atoms with Crippen LogP contribution >= 0.6 is 0 Å². The van der Waals surface area contributed by atoms with Crippen molar-refractivity contribution in [2.75, 3.05) is 50.0 Å². The molecular weight excluding hydrogens is 306 g/mol. The van der Waals surface area contributed by atoms with Crippen LogP contribution in [0.5, 0.6) is 0 Å². The number of para-hydroxylation sites is 1. The molecule has 1 saturated heterocycles. The van der Waals surface area contributed by atoms with Crippen LogP contribution in [0.4, 0.5) is 11.6 Å². The molecule has 1 fully saturated rings. The van der Waals surface area contributed by atoms with Gasteiger partial charge in [-0.25, -0.2) is 9.97 Å². The summed E-state index contributed by atoms with van der Waals surface area (Å²) >= 11 is 0. The van der Waals surface area contributed by atoms with Crippen molar-refractivity contribution in [3.63, 3.8) is 0 Å². The maximum absolute atomic E-state index is 12.2. The van der Waals surface area contributed by atoms with E-state index in [1.165, 1.54) is 0 Å². The summed E-state index contributed by atoms with van der Waals surface area (Å²) in [4.78, 5) is 23.0. The summed E-state index contributed by atoms with van der Waals surface area (Å²) in [6.45, 7) is 5.08. The molecule has 2 N–H and O–H groups in total. The molecule has 2 heterocycles. The van der Waals surface area contributed by atoms with Gasteiger partial charge < -0.3 is 15.4 Å². The number of ether oxygens (including phenoxy) is 1. The Balaban J connectivity index is 1.52. The minimum Gasteiger partial charge on any atom is -0.379 e. The molecule has 1 amide bonds. The average molecular weight is 327 g/mol. The SMILES string of the molecule is O=C(Nc1ccccc1)c1ccnc(NCCN2CCOCC2)n1. The van der Waals surface area contributed by atoms with Gasteiger partial charge in [0.2, 0.25) is 5.95 Å². The third-order valence-electron chi connectivity index (χ3n) is 3.73. The quantitative estimate of drug-likeness (QED) is 0.836. The molecule has 1 aliphatic rings. The van der Waals surface area contributed by atoms with Gasteiger partial charge in [-0.15, -0.1) is 0 Å². The van der Waals surface area contributed by atoms with Crippen LogP contribution in [-0.2, 0) is 4.74 Å². The van der Waals surface area contributed by atoms with E-state index in [1.807, 2.05) is 30.3 Å². The Kier molecular flexibility index (Phi) is 5.70. The number of aromatic nitrogens is 2. The van der Waals surface area contributed by atoms with E-state index in [-0.39, 0.29) is 5.91 Å². The van der Waals surface area contributed by atoms with Crippen LogP contribution in [0.15, 0.2) is 42.6 Å². The number of nitrogens with zero attached hydrogens (tertiary/aromatic N) is 3. The molecule has 1 aliphatic heterocycles. The van der Waals surface area contributed by atoms with Crippen LogP contribution in [0.2, 0.25) is 0 Å². The first-order valence-electron chi connectivity index (χ1n) is 8.05. The van der Waals surface area contributed by atoms with Crippen molar-refractivity contribution in [3.05, 3.63) is 48.3 Å². The van der Waals surface area contributed by atoms with E-state index in [4.69, 9.17) is 4.74 Å². The van der Waals surface area contributed by atoms with Crippen molar-refractivity contribution < 1.29 is 9.53 Å². The van der Waals surface area contributed by atoms with Crippen molar-refractivity contribution >= 4 is 17.5 Å². The van der Waals surface area contributed by atoms with Crippen molar-refractivity contribution in [1.82, 2.24) is 14.9 Å². The monoisotopic (exact) mass is 327 g/mol. The molecular formula is C17H21N5O2. The maximum Gasteiger partial charge on any atom is 0.274 e. The van der Waals surface area contributed by atoms with Crippen LogP contribution in [-0.4, -0.2) is 60.2 Å². The number of hydrogen-bond acceptors (Lipinski definition) is 6. The van der Waals surface area contributed by atoms with Crippen molar-refractivity contribution in [2.24, 2.45) is 0 Å². The lowest BCUT2D eigenvalue weighted by atomic mass is 10.3. The highest BCUT2D eigenvalue weighted by molar-refractivity contribution is 6.02. The third kappa shape index (κ3) is 4.74. The highest BCUT2D eigenvalue weighted by atomic mass is 16.5. The van der Waals surface area contributed by atoms with Crippen molar-refractivity contribution in [2.45, 2.75) is 0 Å². The highest BCUT2D eigenvalue weighted by Crippen LogP contribution is 2.08. The summed E-state index contributed by atoms with van der Waals surface area (Å²) in [5, 5.41) is 5.98. The number of carbonyl (C=O) groups is 1. The molecule has 0 bridgehead atoms. The van der Waals surface area contributed by atoms with E-state index in [0.29, 0.717) is 11.6 Å². The summed E-state index contributed by atoms with van der Waals surface area (Å²) in [6.07, 6.45) is 1.59. The van der Waals surface area contributed by atoms with Gasteiger partial charge in [0.25, 0.3) is 5.91 Å². The second kappa shape index (κ2) is 8.37. The fourth-order valence-electron chi connectivity index (χ4n) is 2.44. The highest BCUT2D eigenvalue weighted by Gasteiger charge is 2.11. The van der Waals surface area contributed by atoms with E-state index >= 15 is 0 Å². The number of carbonyl (C=O) groups excluding carboxylic acids is 1. The normalized spacial score (nSPS) is 15.0. The van der Waals surface area contributed by atoms with Gasteiger partial charge in [0.05, 0.1) is 13.2 Å². The lowest BCUT2D eigenvalue weighted by molar-refractivity contribution is 0.0398. The number of rotatable bonds is 6. The summed E-state index contributed by atoms with van der Waals surface area (Å²) in [5.41, 5.74) is 1.07. The predicted octanol–water partition coefficient (Wildman–Crippen LogP) is 1.47. The lowest BCUT2D eigenvalue weighted by Gasteiger charge is -2.26. The van der Waals surface area contributed by atoms with Crippen molar-refractivity contribution in [1.29, 1.82) is 0 Å². The molecule has 7 nitrogen and oxygen atoms in total. The van der Waals surface area contributed by atoms with E-state index in [2.05, 4.69) is 25.5 Å². The molecule has 24 heavy (non-hydrogen) atoms. The Morgan fingerprint density at radius 1 is 1.17 bits per heavy atom. The Hall–Kier alpha value is -2.51. The number of benzene rings is 1. The van der Waals surface area contributed by atoms with E-state index in [1.54, 1.807) is 12.3 Å². The molecule has 126 valence electrons. The van der Waals surface area contributed by atoms with Crippen molar-refractivity contribution in [3.8, 4) is 0 Å². The number of hydrogen-bond donors (Lipinski definition) is 2. The minimum atomic E-state index is -0.250. The standard InChI is InChI=1S/C17H21N5O2/c23-16(20-14-4-2-1-3-5-14)15-6-7-18-17(21-15)19-8-9-22-10-12-24-13-11-22/h1-7H,8-13H2,(H,20,23)(H,18,19,21). The maximum atomic E-state index is 12.2. The van der Waals surface area contributed by atoms with Gasteiger partial charge in [0.15, 0.2) is 0 Å². The third-order valence-corrected chi connectivity index (χ3v) is 3.73. The van der Waals surface area contributed by atoms with E-state index in [9.17, 15) is 4.79 Å². The summed E-state index contributed by atoms with van der Waals surface area (Å²) in [7, 11) is 0. The fourth-order valence-corrected chi connectivity index (χ4v) is 2.44. The second-order valence-corrected chi connectivity index (χ2v) is 5.47. The minimum absolute atomic E-state index is 0.250. The largest absolute Gasteiger partial charge is 0.379 e. The summed E-state index contributed by atoms with van der Waals surface area (Å²) in [5.74, 6) is 0.212. The van der Waals surface area contributed by atoms with Crippen LogP contribution < -0.4 is 10.6 Å². The predicted molar refractivity (Wildman–Crippen MR) is 92.2 cm³/mol. The number of nitrogens with one attached hydrogen (secondary N) is 2. The zero-order valence-electron chi connectivity index (χ0n) is 13.4. The first-order valence-corrected chi connectivity index (χ1v) is 8.05. The van der Waals surface area contributed by atoms with E-state index in [0.717, 1.165) is 45.1 Å². The second-order valence-electron chi connectivity index (χ2n) is 5.47. The first-order chi connectivity index (χ1) is 11.8. The zero-order chi connectivity index (χ0) is 16.6. The Bertz CT molecular complexity index is 659. The van der Waals surface area contributed by atoms with Gasteiger partial charge in [0, 0.05) is 38.1 Å². The molecule has 2 aromatic rings. The van der Waals surface area contributed by atoms with Crippen LogP contribution in [0.25, 0.3) is 0 Å². The number of anilines is 2. The molecule has 0 saturated carbocycles. The lowest BCUT2D eigenvalue weighted by Crippen LogP contribution is -2.39. The van der Waals surface area contributed by atoms with Gasteiger partial charge in [-0.2, -0.15) is 0 Å². The molecule has 0 unspecified atom stereocenters. The smallest absolute Gasteiger partial charge is 0.274 e. The molecule has 1 aromatic carbocycles.